The molecule has 18 heavy (non-hydrogen) atoms. The maximum atomic E-state index is 6.22. The molecule has 1 aromatic heterocycles. The number of fused-ring (bicyclic) bond motifs is 1. The minimum Gasteiger partial charge on any atom is -0.397 e. The first-order valence-electron chi connectivity index (χ1n) is 6.63. The molecule has 3 N–H and O–H groups in total. The number of rotatable bonds is 4. The van der Waals surface area contributed by atoms with E-state index in [2.05, 4.69) is 29.4 Å². The predicted molar refractivity (Wildman–Crippen MR) is 76.6 cm³/mol. The van der Waals surface area contributed by atoms with Crippen LogP contribution in [0.25, 0.3) is 10.8 Å². The van der Waals surface area contributed by atoms with Crippen LogP contribution in [0.3, 0.4) is 0 Å². The molecule has 2 aromatic rings. The first kappa shape index (κ1) is 11.3. The fraction of sp³-hybridized carbons (Fsp3) is 0.400. The number of nitrogens with zero attached hydrogens (tertiary/aromatic N) is 1. The molecule has 0 aliphatic heterocycles. The van der Waals surface area contributed by atoms with Crippen LogP contribution in [-0.4, -0.2) is 11.0 Å². The van der Waals surface area contributed by atoms with Crippen LogP contribution in [0.5, 0.6) is 0 Å². The number of benzene rings is 1. The molecule has 1 aliphatic carbocycles. The van der Waals surface area contributed by atoms with E-state index < -0.39 is 0 Å². The van der Waals surface area contributed by atoms with E-state index >= 15 is 0 Å². The molecule has 1 saturated carbocycles. The lowest BCUT2D eigenvalue weighted by Crippen LogP contribution is -2.16. The van der Waals surface area contributed by atoms with Gasteiger partial charge in [0.1, 0.15) is 0 Å². The second-order valence-electron chi connectivity index (χ2n) is 5.35. The molecular weight excluding hydrogens is 222 g/mol. The van der Waals surface area contributed by atoms with Crippen LogP contribution in [0.15, 0.2) is 30.6 Å². The van der Waals surface area contributed by atoms with Gasteiger partial charge in [-0.2, -0.15) is 0 Å². The van der Waals surface area contributed by atoms with E-state index in [-0.39, 0.29) is 0 Å². The average Bonchev–Trinajstić information content (AvgIpc) is 3.17. The largest absolute Gasteiger partial charge is 0.397 e. The molecule has 1 aliphatic rings. The summed E-state index contributed by atoms with van der Waals surface area (Å²) in [5, 5.41) is 5.70. The third kappa shape index (κ3) is 2.26. The third-order valence-corrected chi connectivity index (χ3v) is 3.65. The highest BCUT2D eigenvalue weighted by atomic mass is 14.9. The molecule has 94 valence electrons. The number of pyridine rings is 1. The topological polar surface area (TPSA) is 50.9 Å². The van der Waals surface area contributed by atoms with Crippen molar-refractivity contribution in [2.75, 3.05) is 11.1 Å². The fourth-order valence-corrected chi connectivity index (χ4v) is 2.50. The number of nitrogens with one attached hydrogen (secondary N) is 1. The molecule has 0 saturated heterocycles. The van der Waals surface area contributed by atoms with Crippen molar-refractivity contribution in [3.63, 3.8) is 0 Å². The smallest absolute Gasteiger partial charge is 0.0630 e. The van der Waals surface area contributed by atoms with E-state index in [9.17, 15) is 0 Å². The molecule has 0 spiro atoms. The van der Waals surface area contributed by atoms with Gasteiger partial charge in [0, 0.05) is 29.2 Å². The van der Waals surface area contributed by atoms with Crippen molar-refractivity contribution in [3.8, 4) is 0 Å². The second kappa shape index (κ2) is 4.48. The Labute approximate surface area is 107 Å². The zero-order chi connectivity index (χ0) is 12.5. The lowest BCUT2D eigenvalue weighted by Gasteiger charge is -2.17. The summed E-state index contributed by atoms with van der Waals surface area (Å²) in [6.45, 7) is 2.23. The Kier molecular flexibility index (Phi) is 2.82. The lowest BCUT2D eigenvalue weighted by molar-refractivity contribution is 0.642. The van der Waals surface area contributed by atoms with Crippen LogP contribution in [0.4, 0.5) is 11.4 Å². The van der Waals surface area contributed by atoms with Crippen molar-refractivity contribution >= 4 is 22.1 Å². The SMILES string of the molecule is CC(CC1CC1)Nc1ccc2cnccc2c1N. The molecule has 1 heterocycles. The monoisotopic (exact) mass is 241 g/mol. The molecular formula is C15H19N3. The van der Waals surface area contributed by atoms with Gasteiger partial charge in [-0.3, -0.25) is 4.98 Å². The fourth-order valence-electron chi connectivity index (χ4n) is 2.50. The van der Waals surface area contributed by atoms with E-state index in [1.807, 2.05) is 12.3 Å². The number of hydrogen-bond acceptors (Lipinski definition) is 3. The van der Waals surface area contributed by atoms with Crippen LogP contribution in [0.2, 0.25) is 0 Å². The maximum absolute atomic E-state index is 6.22. The van der Waals surface area contributed by atoms with Gasteiger partial charge in [-0.25, -0.2) is 0 Å². The molecule has 1 fully saturated rings. The Morgan fingerprint density at radius 3 is 3.00 bits per heavy atom. The van der Waals surface area contributed by atoms with Crippen molar-refractivity contribution in [1.29, 1.82) is 0 Å². The zero-order valence-corrected chi connectivity index (χ0v) is 10.7. The van der Waals surface area contributed by atoms with Crippen LogP contribution >= 0.6 is 0 Å². The minimum atomic E-state index is 0.485. The molecule has 1 atom stereocenters. The highest BCUT2D eigenvalue weighted by Gasteiger charge is 2.23. The summed E-state index contributed by atoms with van der Waals surface area (Å²) < 4.78 is 0. The summed E-state index contributed by atoms with van der Waals surface area (Å²) in [5.74, 6) is 0.929. The Morgan fingerprint density at radius 2 is 2.22 bits per heavy atom. The number of hydrogen-bond donors (Lipinski definition) is 2. The van der Waals surface area contributed by atoms with Gasteiger partial charge in [-0.15, -0.1) is 0 Å². The van der Waals surface area contributed by atoms with Gasteiger partial charge in [0.25, 0.3) is 0 Å². The van der Waals surface area contributed by atoms with Crippen molar-refractivity contribution in [1.82, 2.24) is 4.98 Å². The lowest BCUT2D eigenvalue weighted by atomic mass is 10.1. The van der Waals surface area contributed by atoms with E-state index in [1.54, 1.807) is 6.20 Å². The van der Waals surface area contributed by atoms with Crippen molar-refractivity contribution < 1.29 is 0 Å². The van der Waals surface area contributed by atoms with Crippen molar-refractivity contribution in [2.45, 2.75) is 32.2 Å². The quantitative estimate of drug-likeness (QED) is 0.806. The van der Waals surface area contributed by atoms with Gasteiger partial charge in [-0.1, -0.05) is 18.9 Å². The Bertz CT molecular complexity index is 561. The molecule has 0 radical (unpaired) electrons. The van der Waals surface area contributed by atoms with Crippen LogP contribution in [-0.2, 0) is 0 Å². The molecule has 3 nitrogen and oxygen atoms in total. The highest BCUT2D eigenvalue weighted by Crippen LogP contribution is 2.35. The Hall–Kier alpha value is -1.77. The summed E-state index contributed by atoms with van der Waals surface area (Å²) in [6.07, 6.45) is 7.67. The van der Waals surface area contributed by atoms with E-state index in [4.69, 9.17) is 5.73 Å². The average molecular weight is 241 g/mol. The summed E-state index contributed by atoms with van der Waals surface area (Å²) >= 11 is 0. The molecule has 3 rings (SSSR count). The molecule has 0 amide bonds. The van der Waals surface area contributed by atoms with Gasteiger partial charge in [0.15, 0.2) is 0 Å². The summed E-state index contributed by atoms with van der Waals surface area (Å²) in [7, 11) is 0. The first-order chi connectivity index (χ1) is 8.74. The third-order valence-electron chi connectivity index (χ3n) is 3.65. The Balaban J connectivity index is 1.84. The van der Waals surface area contributed by atoms with Gasteiger partial charge < -0.3 is 11.1 Å². The molecule has 1 aromatic carbocycles. The van der Waals surface area contributed by atoms with Crippen molar-refractivity contribution in [2.24, 2.45) is 5.92 Å². The van der Waals surface area contributed by atoms with Gasteiger partial charge >= 0.3 is 0 Å². The maximum Gasteiger partial charge on any atom is 0.0630 e. The standard InChI is InChI=1S/C15H19N3/c1-10(8-11-2-3-11)18-14-5-4-12-9-17-7-6-13(12)15(14)16/h4-7,9-11,18H,2-3,8,16H2,1H3. The van der Waals surface area contributed by atoms with E-state index in [0.29, 0.717) is 6.04 Å². The van der Waals surface area contributed by atoms with Crippen LogP contribution in [0, 0.1) is 5.92 Å². The molecule has 3 heteroatoms. The second-order valence-corrected chi connectivity index (χ2v) is 5.35. The summed E-state index contributed by atoms with van der Waals surface area (Å²) in [6, 6.07) is 6.59. The van der Waals surface area contributed by atoms with Gasteiger partial charge in [-0.05, 0) is 31.4 Å². The summed E-state index contributed by atoms with van der Waals surface area (Å²) in [4.78, 5) is 4.12. The number of anilines is 2. The van der Waals surface area contributed by atoms with E-state index in [0.717, 1.165) is 28.1 Å². The predicted octanol–water partition coefficient (Wildman–Crippen LogP) is 3.42. The van der Waals surface area contributed by atoms with E-state index in [1.165, 1.54) is 19.3 Å². The molecule has 0 bridgehead atoms. The van der Waals surface area contributed by atoms with Crippen LogP contribution < -0.4 is 11.1 Å². The van der Waals surface area contributed by atoms with Gasteiger partial charge in [0.2, 0.25) is 0 Å². The highest BCUT2D eigenvalue weighted by molar-refractivity contribution is 5.98. The minimum absolute atomic E-state index is 0.485. The Morgan fingerprint density at radius 1 is 1.39 bits per heavy atom. The zero-order valence-electron chi connectivity index (χ0n) is 10.7. The molecule has 1 unspecified atom stereocenters. The van der Waals surface area contributed by atoms with Crippen LogP contribution in [0.1, 0.15) is 26.2 Å². The first-order valence-corrected chi connectivity index (χ1v) is 6.63. The normalized spacial score (nSPS) is 16.7. The van der Waals surface area contributed by atoms with Gasteiger partial charge in [0.05, 0.1) is 11.4 Å². The summed E-state index contributed by atoms with van der Waals surface area (Å²) in [5.41, 5.74) is 8.10. The number of aromatic nitrogens is 1. The number of nitrogens with two attached hydrogens (primary N) is 1. The number of nitrogen functional groups attached to an aromatic ring is 1. The van der Waals surface area contributed by atoms with Crippen molar-refractivity contribution in [3.05, 3.63) is 30.6 Å².